The fourth-order valence-corrected chi connectivity index (χ4v) is 2.62. The zero-order valence-corrected chi connectivity index (χ0v) is 12.4. The molecule has 19 heavy (non-hydrogen) atoms. The van der Waals surface area contributed by atoms with Crippen molar-refractivity contribution < 1.29 is 4.79 Å². The van der Waals surface area contributed by atoms with Gasteiger partial charge in [0, 0.05) is 11.6 Å². The number of likely N-dealkylation sites (tertiary alicyclic amines) is 1. The molecule has 1 aromatic carbocycles. The first-order valence-electron chi connectivity index (χ1n) is 7.04. The lowest BCUT2D eigenvalue weighted by Gasteiger charge is -2.29. The van der Waals surface area contributed by atoms with Crippen LogP contribution in [0.3, 0.4) is 0 Å². The van der Waals surface area contributed by atoms with Gasteiger partial charge in [-0.05, 0) is 76.5 Å². The molecule has 1 N–H and O–H groups in total. The lowest BCUT2D eigenvalue weighted by atomic mass is 9.99. The first kappa shape index (κ1) is 14.1. The molecule has 0 saturated carbocycles. The van der Waals surface area contributed by atoms with E-state index < -0.39 is 0 Å². The molecule has 1 heterocycles. The highest BCUT2D eigenvalue weighted by molar-refractivity contribution is 5.96. The summed E-state index contributed by atoms with van der Waals surface area (Å²) in [5.41, 5.74) is 4.31. The van der Waals surface area contributed by atoms with Crippen molar-refractivity contribution in [3.63, 3.8) is 0 Å². The molecule has 104 valence electrons. The second kappa shape index (κ2) is 5.74. The number of nitrogens with zero attached hydrogens (tertiary/aromatic N) is 1. The van der Waals surface area contributed by atoms with Crippen LogP contribution in [-0.4, -0.2) is 37.0 Å². The van der Waals surface area contributed by atoms with Gasteiger partial charge in [0.25, 0.3) is 5.91 Å². The first-order valence-corrected chi connectivity index (χ1v) is 7.04. The van der Waals surface area contributed by atoms with E-state index in [0.717, 1.165) is 37.1 Å². The summed E-state index contributed by atoms with van der Waals surface area (Å²) >= 11 is 0. The quantitative estimate of drug-likeness (QED) is 0.886. The van der Waals surface area contributed by atoms with Gasteiger partial charge in [0.05, 0.1) is 0 Å². The Balaban J connectivity index is 2.06. The molecule has 1 amide bonds. The molecule has 0 unspecified atom stereocenters. The molecular formula is C16H24N2O. The van der Waals surface area contributed by atoms with Crippen molar-refractivity contribution in [2.45, 2.75) is 39.7 Å². The maximum Gasteiger partial charge on any atom is 0.251 e. The van der Waals surface area contributed by atoms with Crippen molar-refractivity contribution in [1.82, 2.24) is 10.2 Å². The second-order valence-corrected chi connectivity index (χ2v) is 5.80. The number of rotatable bonds is 2. The molecule has 3 nitrogen and oxygen atoms in total. The monoisotopic (exact) mass is 260 g/mol. The molecule has 2 rings (SSSR count). The molecule has 1 fully saturated rings. The van der Waals surface area contributed by atoms with E-state index in [1.807, 2.05) is 13.0 Å². The molecule has 1 saturated heterocycles. The van der Waals surface area contributed by atoms with Crippen LogP contribution in [0.5, 0.6) is 0 Å². The van der Waals surface area contributed by atoms with Gasteiger partial charge >= 0.3 is 0 Å². The number of hydrogen-bond donors (Lipinski definition) is 1. The summed E-state index contributed by atoms with van der Waals surface area (Å²) < 4.78 is 0. The molecule has 1 aliphatic rings. The van der Waals surface area contributed by atoms with Crippen molar-refractivity contribution in [3.8, 4) is 0 Å². The Kier molecular flexibility index (Phi) is 4.25. The highest BCUT2D eigenvalue weighted by Crippen LogP contribution is 2.16. The second-order valence-electron chi connectivity index (χ2n) is 5.80. The van der Waals surface area contributed by atoms with E-state index >= 15 is 0 Å². The lowest BCUT2D eigenvalue weighted by Crippen LogP contribution is -2.43. The maximum absolute atomic E-state index is 12.4. The van der Waals surface area contributed by atoms with E-state index in [9.17, 15) is 4.79 Å². The topological polar surface area (TPSA) is 32.3 Å². The van der Waals surface area contributed by atoms with E-state index in [0.29, 0.717) is 6.04 Å². The number of piperidine rings is 1. The van der Waals surface area contributed by atoms with Gasteiger partial charge in [-0.3, -0.25) is 4.79 Å². The van der Waals surface area contributed by atoms with Gasteiger partial charge in [-0.1, -0.05) is 6.07 Å². The molecule has 0 aromatic heterocycles. The van der Waals surface area contributed by atoms with Crippen LogP contribution in [0.15, 0.2) is 12.1 Å². The number of nitrogens with one attached hydrogen (secondary N) is 1. The van der Waals surface area contributed by atoms with Crippen molar-refractivity contribution in [3.05, 3.63) is 34.4 Å². The summed E-state index contributed by atoms with van der Waals surface area (Å²) in [4.78, 5) is 14.7. The Morgan fingerprint density at radius 2 is 1.68 bits per heavy atom. The van der Waals surface area contributed by atoms with Crippen LogP contribution in [0.4, 0.5) is 0 Å². The Labute approximate surface area is 116 Å². The fraction of sp³-hybridized carbons (Fsp3) is 0.562. The summed E-state index contributed by atoms with van der Waals surface area (Å²) in [6, 6.07) is 4.43. The van der Waals surface area contributed by atoms with Gasteiger partial charge in [-0.25, -0.2) is 0 Å². The molecule has 0 atom stereocenters. The highest BCUT2D eigenvalue weighted by Gasteiger charge is 2.20. The van der Waals surface area contributed by atoms with Crippen molar-refractivity contribution in [2.75, 3.05) is 20.1 Å². The Hall–Kier alpha value is -1.35. The predicted molar refractivity (Wildman–Crippen MR) is 78.6 cm³/mol. The van der Waals surface area contributed by atoms with Crippen molar-refractivity contribution >= 4 is 5.91 Å². The van der Waals surface area contributed by atoms with E-state index in [4.69, 9.17) is 0 Å². The first-order chi connectivity index (χ1) is 8.97. The Morgan fingerprint density at radius 3 is 2.32 bits per heavy atom. The average Bonchev–Trinajstić information content (AvgIpc) is 2.36. The standard InChI is InChI=1S/C16H24N2O/c1-11-9-13(3)15(10-12(11)2)16(19)17-14-5-7-18(4)8-6-14/h9-10,14H,5-8H2,1-4H3,(H,17,19). The summed E-state index contributed by atoms with van der Waals surface area (Å²) in [6.07, 6.45) is 2.10. The zero-order valence-electron chi connectivity index (χ0n) is 12.4. The highest BCUT2D eigenvalue weighted by atomic mass is 16.1. The minimum absolute atomic E-state index is 0.0788. The lowest BCUT2D eigenvalue weighted by molar-refractivity contribution is 0.0916. The van der Waals surface area contributed by atoms with Crippen LogP contribution in [0.1, 0.15) is 39.9 Å². The van der Waals surface area contributed by atoms with Gasteiger partial charge in [-0.2, -0.15) is 0 Å². The smallest absolute Gasteiger partial charge is 0.251 e. The third-order valence-electron chi connectivity index (χ3n) is 4.14. The van der Waals surface area contributed by atoms with E-state index in [1.165, 1.54) is 11.1 Å². The van der Waals surface area contributed by atoms with Gasteiger partial charge in [0.2, 0.25) is 0 Å². The number of hydrogen-bond acceptors (Lipinski definition) is 2. The van der Waals surface area contributed by atoms with Gasteiger partial charge in [-0.15, -0.1) is 0 Å². The molecule has 1 aliphatic heterocycles. The largest absolute Gasteiger partial charge is 0.349 e. The predicted octanol–water partition coefficient (Wildman–Crippen LogP) is 2.44. The third kappa shape index (κ3) is 3.35. The van der Waals surface area contributed by atoms with Crippen LogP contribution >= 0.6 is 0 Å². The number of carbonyl (C=O) groups is 1. The molecule has 1 aromatic rings. The van der Waals surface area contributed by atoms with E-state index in [1.54, 1.807) is 0 Å². The van der Waals surface area contributed by atoms with Crippen LogP contribution in [-0.2, 0) is 0 Å². The Morgan fingerprint density at radius 1 is 1.11 bits per heavy atom. The summed E-state index contributed by atoms with van der Waals surface area (Å²) in [5.74, 6) is 0.0788. The molecule has 0 bridgehead atoms. The number of amides is 1. The molecule has 0 radical (unpaired) electrons. The van der Waals surface area contributed by atoms with Crippen LogP contribution in [0.2, 0.25) is 0 Å². The minimum atomic E-state index is 0.0788. The molecule has 3 heteroatoms. The SMILES string of the molecule is Cc1cc(C)c(C(=O)NC2CCN(C)CC2)cc1C. The fourth-order valence-electron chi connectivity index (χ4n) is 2.62. The molecule has 0 spiro atoms. The van der Waals surface area contributed by atoms with Gasteiger partial charge < -0.3 is 10.2 Å². The average molecular weight is 260 g/mol. The van der Waals surface area contributed by atoms with Crippen LogP contribution in [0, 0.1) is 20.8 Å². The summed E-state index contributed by atoms with van der Waals surface area (Å²) in [7, 11) is 2.13. The zero-order chi connectivity index (χ0) is 14.0. The summed E-state index contributed by atoms with van der Waals surface area (Å²) in [5, 5.41) is 3.18. The molecular weight excluding hydrogens is 236 g/mol. The maximum atomic E-state index is 12.4. The minimum Gasteiger partial charge on any atom is -0.349 e. The summed E-state index contributed by atoms with van der Waals surface area (Å²) in [6.45, 7) is 8.28. The van der Waals surface area contributed by atoms with Gasteiger partial charge in [0.15, 0.2) is 0 Å². The van der Waals surface area contributed by atoms with Crippen LogP contribution < -0.4 is 5.32 Å². The molecule has 0 aliphatic carbocycles. The Bertz CT molecular complexity index is 474. The van der Waals surface area contributed by atoms with E-state index in [2.05, 4.69) is 37.2 Å². The normalized spacial score (nSPS) is 17.5. The van der Waals surface area contributed by atoms with E-state index in [-0.39, 0.29) is 5.91 Å². The van der Waals surface area contributed by atoms with Crippen molar-refractivity contribution in [1.29, 1.82) is 0 Å². The van der Waals surface area contributed by atoms with Crippen molar-refractivity contribution in [2.24, 2.45) is 0 Å². The van der Waals surface area contributed by atoms with Gasteiger partial charge in [0.1, 0.15) is 0 Å². The number of benzene rings is 1. The third-order valence-corrected chi connectivity index (χ3v) is 4.14. The number of carbonyl (C=O) groups excluding carboxylic acids is 1. The number of aryl methyl sites for hydroxylation is 3. The van der Waals surface area contributed by atoms with Crippen LogP contribution in [0.25, 0.3) is 0 Å².